The smallest absolute Gasteiger partial charge is 0.140 e. The minimum absolute atomic E-state index is 0.501. The number of aromatic nitrogens is 1. The Labute approximate surface area is 143 Å². The molecular formula is C19H25N3O2. The van der Waals surface area contributed by atoms with Crippen LogP contribution in [0.25, 0.3) is 0 Å². The first kappa shape index (κ1) is 15.8. The Hall–Kier alpha value is -1.69. The quantitative estimate of drug-likeness (QED) is 0.912. The Bertz CT molecular complexity index is 650. The van der Waals surface area contributed by atoms with E-state index in [1.807, 2.05) is 0 Å². The van der Waals surface area contributed by atoms with Crippen LogP contribution in [0, 0.1) is 0 Å². The van der Waals surface area contributed by atoms with Crippen LogP contribution in [0.2, 0.25) is 0 Å². The summed E-state index contributed by atoms with van der Waals surface area (Å²) in [7, 11) is 0. The van der Waals surface area contributed by atoms with E-state index in [4.69, 9.17) is 9.26 Å². The maximum atomic E-state index is 5.60. The second kappa shape index (κ2) is 7.47. The molecule has 0 saturated carbocycles. The Morgan fingerprint density at radius 3 is 2.83 bits per heavy atom. The monoisotopic (exact) mass is 327 g/mol. The number of ether oxygens (including phenoxy) is 1. The van der Waals surface area contributed by atoms with Crippen molar-refractivity contribution in [2.24, 2.45) is 0 Å². The molecule has 128 valence electrons. The molecule has 4 rings (SSSR count). The molecule has 0 radical (unpaired) electrons. The normalized spacial score (nSPS) is 21.6. The first-order valence-corrected chi connectivity index (χ1v) is 8.92. The molecule has 0 amide bonds. The SMILES string of the molecule is c1ccc(CNC2CCc3onc(CN4CCOCC4)c3C2)cc1. The molecule has 1 unspecified atom stereocenters. The summed E-state index contributed by atoms with van der Waals surface area (Å²) in [6, 6.07) is 11.1. The van der Waals surface area contributed by atoms with Gasteiger partial charge >= 0.3 is 0 Å². The fraction of sp³-hybridized carbons (Fsp3) is 0.526. The minimum atomic E-state index is 0.501. The third-order valence-corrected chi connectivity index (χ3v) is 5.04. The van der Waals surface area contributed by atoms with Gasteiger partial charge in [-0.2, -0.15) is 0 Å². The van der Waals surface area contributed by atoms with Crippen LogP contribution < -0.4 is 5.32 Å². The van der Waals surface area contributed by atoms with Crippen molar-refractivity contribution < 1.29 is 9.26 Å². The zero-order chi connectivity index (χ0) is 16.2. The molecule has 2 heterocycles. The van der Waals surface area contributed by atoms with Crippen LogP contribution in [0.5, 0.6) is 0 Å². The molecule has 1 aliphatic heterocycles. The molecule has 2 aromatic rings. The molecule has 1 aromatic heterocycles. The predicted molar refractivity (Wildman–Crippen MR) is 91.7 cm³/mol. The number of hydrogen-bond donors (Lipinski definition) is 1. The van der Waals surface area contributed by atoms with Gasteiger partial charge in [0, 0.05) is 44.2 Å². The van der Waals surface area contributed by atoms with Crippen molar-refractivity contribution in [3.8, 4) is 0 Å². The van der Waals surface area contributed by atoms with Gasteiger partial charge in [-0.15, -0.1) is 0 Å². The van der Waals surface area contributed by atoms with E-state index in [0.29, 0.717) is 6.04 Å². The highest BCUT2D eigenvalue weighted by Crippen LogP contribution is 2.26. The van der Waals surface area contributed by atoms with Gasteiger partial charge in [0.25, 0.3) is 0 Å². The average molecular weight is 327 g/mol. The molecule has 1 atom stereocenters. The fourth-order valence-corrected chi connectivity index (χ4v) is 3.59. The van der Waals surface area contributed by atoms with E-state index in [1.165, 1.54) is 11.1 Å². The zero-order valence-corrected chi connectivity index (χ0v) is 14.0. The predicted octanol–water partition coefficient (Wildman–Crippen LogP) is 2.15. The summed E-state index contributed by atoms with van der Waals surface area (Å²) in [6.45, 7) is 5.41. The summed E-state index contributed by atoms with van der Waals surface area (Å²) in [5.74, 6) is 1.09. The average Bonchev–Trinajstić information content (AvgIpc) is 3.04. The molecule has 1 fully saturated rings. The Morgan fingerprint density at radius 2 is 2.00 bits per heavy atom. The van der Waals surface area contributed by atoms with Crippen LogP contribution >= 0.6 is 0 Å². The summed E-state index contributed by atoms with van der Waals surface area (Å²) < 4.78 is 11.0. The van der Waals surface area contributed by atoms with Gasteiger partial charge in [0.15, 0.2) is 0 Å². The maximum Gasteiger partial charge on any atom is 0.140 e. The third kappa shape index (κ3) is 3.69. The van der Waals surface area contributed by atoms with Gasteiger partial charge in [-0.3, -0.25) is 4.90 Å². The first-order valence-electron chi connectivity index (χ1n) is 8.92. The molecule has 24 heavy (non-hydrogen) atoms. The van der Waals surface area contributed by atoms with Crippen molar-refractivity contribution in [3.63, 3.8) is 0 Å². The lowest BCUT2D eigenvalue weighted by atomic mass is 9.91. The third-order valence-electron chi connectivity index (χ3n) is 5.04. The summed E-state index contributed by atoms with van der Waals surface area (Å²) >= 11 is 0. The summed E-state index contributed by atoms with van der Waals surface area (Å²) in [6.07, 6.45) is 3.12. The van der Waals surface area contributed by atoms with E-state index in [1.54, 1.807) is 0 Å². The van der Waals surface area contributed by atoms with E-state index < -0.39 is 0 Å². The van der Waals surface area contributed by atoms with Crippen LogP contribution in [0.15, 0.2) is 34.9 Å². The van der Waals surface area contributed by atoms with Crippen molar-refractivity contribution in [2.75, 3.05) is 26.3 Å². The Morgan fingerprint density at radius 1 is 1.17 bits per heavy atom. The largest absolute Gasteiger partial charge is 0.379 e. The number of nitrogens with one attached hydrogen (secondary N) is 1. The second-order valence-electron chi connectivity index (χ2n) is 6.73. The topological polar surface area (TPSA) is 50.5 Å². The minimum Gasteiger partial charge on any atom is -0.379 e. The van der Waals surface area contributed by atoms with Gasteiger partial charge in [-0.25, -0.2) is 0 Å². The summed E-state index contributed by atoms with van der Waals surface area (Å²) in [4.78, 5) is 2.41. The molecule has 0 spiro atoms. The number of aryl methyl sites for hydroxylation is 1. The molecular weight excluding hydrogens is 302 g/mol. The van der Waals surface area contributed by atoms with E-state index in [0.717, 1.165) is 70.1 Å². The van der Waals surface area contributed by atoms with Crippen molar-refractivity contribution in [2.45, 2.75) is 38.4 Å². The number of benzene rings is 1. The van der Waals surface area contributed by atoms with Crippen LogP contribution in [0.1, 0.15) is 29.0 Å². The van der Waals surface area contributed by atoms with Crippen molar-refractivity contribution in [1.29, 1.82) is 0 Å². The number of nitrogens with zero attached hydrogens (tertiary/aromatic N) is 2. The number of rotatable bonds is 5. The lowest BCUT2D eigenvalue weighted by molar-refractivity contribution is 0.0331. The molecule has 5 heteroatoms. The molecule has 1 aromatic carbocycles. The van der Waals surface area contributed by atoms with E-state index >= 15 is 0 Å². The van der Waals surface area contributed by atoms with Crippen LogP contribution in [0.3, 0.4) is 0 Å². The van der Waals surface area contributed by atoms with Crippen molar-refractivity contribution >= 4 is 0 Å². The first-order chi connectivity index (χ1) is 11.9. The second-order valence-corrected chi connectivity index (χ2v) is 6.73. The highest BCUT2D eigenvalue weighted by atomic mass is 16.5. The van der Waals surface area contributed by atoms with Crippen molar-refractivity contribution in [3.05, 3.63) is 52.9 Å². The van der Waals surface area contributed by atoms with E-state index in [-0.39, 0.29) is 0 Å². The summed E-state index contributed by atoms with van der Waals surface area (Å²) in [5, 5.41) is 8.06. The molecule has 2 aliphatic rings. The molecule has 5 nitrogen and oxygen atoms in total. The van der Waals surface area contributed by atoms with E-state index in [2.05, 4.69) is 45.7 Å². The number of morpholine rings is 1. The Kier molecular flexibility index (Phi) is 4.92. The van der Waals surface area contributed by atoms with Crippen LogP contribution in [-0.2, 0) is 30.7 Å². The standard InChI is InChI=1S/C19H25N3O2/c1-2-4-15(5-3-1)13-20-16-6-7-19-17(12-16)18(21-24-19)14-22-8-10-23-11-9-22/h1-5,16,20H,6-14H2. The van der Waals surface area contributed by atoms with Crippen molar-refractivity contribution in [1.82, 2.24) is 15.4 Å². The molecule has 1 aliphatic carbocycles. The summed E-state index contributed by atoms with van der Waals surface area (Å²) in [5.41, 5.74) is 3.79. The number of hydrogen-bond acceptors (Lipinski definition) is 5. The number of fused-ring (bicyclic) bond motifs is 1. The van der Waals surface area contributed by atoms with Crippen LogP contribution in [0.4, 0.5) is 0 Å². The fourth-order valence-electron chi connectivity index (χ4n) is 3.59. The van der Waals surface area contributed by atoms with E-state index in [9.17, 15) is 0 Å². The maximum absolute atomic E-state index is 5.60. The lowest BCUT2D eigenvalue weighted by Crippen LogP contribution is -2.37. The van der Waals surface area contributed by atoms with Crippen LogP contribution in [-0.4, -0.2) is 42.4 Å². The lowest BCUT2D eigenvalue weighted by Gasteiger charge is -2.27. The van der Waals surface area contributed by atoms with Gasteiger partial charge in [-0.1, -0.05) is 35.5 Å². The highest BCUT2D eigenvalue weighted by Gasteiger charge is 2.26. The van der Waals surface area contributed by atoms with Gasteiger partial charge in [0.05, 0.1) is 13.2 Å². The molecule has 1 N–H and O–H groups in total. The Balaban J connectivity index is 1.37. The zero-order valence-electron chi connectivity index (χ0n) is 14.0. The molecule has 0 bridgehead atoms. The highest BCUT2D eigenvalue weighted by molar-refractivity contribution is 5.27. The van der Waals surface area contributed by atoms with Gasteiger partial charge < -0.3 is 14.6 Å². The van der Waals surface area contributed by atoms with Gasteiger partial charge in [0.1, 0.15) is 11.5 Å². The van der Waals surface area contributed by atoms with Gasteiger partial charge in [-0.05, 0) is 18.4 Å². The molecule has 1 saturated heterocycles. The van der Waals surface area contributed by atoms with Gasteiger partial charge in [0.2, 0.25) is 0 Å².